The van der Waals surface area contributed by atoms with Crippen LogP contribution in [0.4, 0.5) is 11.4 Å². The number of hydrogen-bond acceptors (Lipinski definition) is 2. The first-order chi connectivity index (χ1) is 8.99. The quantitative estimate of drug-likeness (QED) is 0.554. The molecule has 98 valence electrons. The van der Waals surface area contributed by atoms with Gasteiger partial charge in [-0.1, -0.05) is 28.1 Å². The normalized spacial score (nSPS) is 10.3. The Morgan fingerprint density at radius 1 is 1.32 bits per heavy atom. The van der Waals surface area contributed by atoms with Crippen LogP contribution in [-0.2, 0) is 0 Å². The highest BCUT2D eigenvalue weighted by atomic mass is 127. The molecule has 0 bridgehead atoms. The average Bonchev–Trinajstić information content (AvgIpc) is 2.37. The van der Waals surface area contributed by atoms with E-state index in [1.165, 1.54) is 0 Å². The van der Waals surface area contributed by atoms with Crippen LogP contribution in [0.5, 0.6) is 0 Å². The summed E-state index contributed by atoms with van der Waals surface area (Å²) in [5, 5.41) is 2.87. The van der Waals surface area contributed by atoms with E-state index in [9.17, 15) is 4.79 Å². The van der Waals surface area contributed by atoms with Crippen molar-refractivity contribution in [3.63, 3.8) is 0 Å². The number of carbonyl (C=O) groups excluding carboxylic acids is 1. The molecule has 5 heteroatoms. The summed E-state index contributed by atoms with van der Waals surface area (Å²) >= 11 is 5.51. The summed E-state index contributed by atoms with van der Waals surface area (Å²) in [6.45, 7) is 1.91. The third-order valence-corrected chi connectivity index (χ3v) is 4.15. The van der Waals surface area contributed by atoms with Gasteiger partial charge in [0.15, 0.2) is 0 Å². The second-order valence-electron chi connectivity index (χ2n) is 4.12. The lowest BCUT2D eigenvalue weighted by atomic mass is 10.1. The number of hydrogen-bond donors (Lipinski definition) is 2. The molecule has 2 rings (SSSR count). The highest BCUT2D eigenvalue weighted by Crippen LogP contribution is 2.25. The van der Waals surface area contributed by atoms with Gasteiger partial charge < -0.3 is 11.1 Å². The molecule has 3 N–H and O–H groups in total. The van der Waals surface area contributed by atoms with Gasteiger partial charge in [0.25, 0.3) is 5.91 Å². The van der Waals surface area contributed by atoms with E-state index in [4.69, 9.17) is 5.73 Å². The van der Waals surface area contributed by atoms with Gasteiger partial charge >= 0.3 is 0 Å². The Kier molecular flexibility index (Phi) is 4.46. The van der Waals surface area contributed by atoms with Crippen molar-refractivity contribution in [1.29, 1.82) is 0 Å². The van der Waals surface area contributed by atoms with E-state index in [1.54, 1.807) is 12.1 Å². The zero-order valence-electron chi connectivity index (χ0n) is 10.2. The highest BCUT2D eigenvalue weighted by molar-refractivity contribution is 14.1. The molecule has 19 heavy (non-hydrogen) atoms. The van der Waals surface area contributed by atoms with Crippen molar-refractivity contribution in [1.82, 2.24) is 0 Å². The SMILES string of the molecule is Cc1cccc(N)c1NC(=O)c1cc(Br)ccc1I. The summed E-state index contributed by atoms with van der Waals surface area (Å²) < 4.78 is 1.77. The molecule has 0 unspecified atom stereocenters. The van der Waals surface area contributed by atoms with Gasteiger partial charge in [0.1, 0.15) is 0 Å². The Hall–Kier alpha value is -1.08. The first-order valence-electron chi connectivity index (χ1n) is 5.60. The van der Waals surface area contributed by atoms with Crippen LogP contribution in [0.3, 0.4) is 0 Å². The van der Waals surface area contributed by atoms with Crippen LogP contribution in [0.25, 0.3) is 0 Å². The molecule has 0 saturated heterocycles. The first-order valence-corrected chi connectivity index (χ1v) is 7.47. The van der Waals surface area contributed by atoms with Gasteiger partial charge in [-0.25, -0.2) is 0 Å². The lowest BCUT2D eigenvalue weighted by molar-refractivity contribution is 0.102. The average molecular weight is 431 g/mol. The van der Waals surface area contributed by atoms with Crippen molar-refractivity contribution in [2.45, 2.75) is 6.92 Å². The maximum atomic E-state index is 12.3. The fraction of sp³-hybridized carbons (Fsp3) is 0.0714. The molecule has 0 heterocycles. The Bertz CT molecular complexity index is 623. The lowest BCUT2D eigenvalue weighted by Crippen LogP contribution is -2.15. The molecule has 0 atom stereocenters. The van der Waals surface area contributed by atoms with Crippen LogP contribution in [0.1, 0.15) is 15.9 Å². The van der Waals surface area contributed by atoms with E-state index >= 15 is 0 Å². The number of benzene rings is 2. The maximum absolute atomic E-state index is 12.3. The van der Waals surface area contributed by atoms with Gasteiger partial charge in [-0.2, -0.15) is 0 Å². The van der Waals surface area contributed by atoms with Crippen molar-refractivity contribution >= 4 is 55.8 Å². The Balaban J connectivity index is 2.34. The summed E-state index contributed by atoms with van der Waals surface area (Å²) in [5.74, 6) is -0.160. The summed E-state index contributed by atoms with van der Waals surface area (Å²) in [6, 6.07) is 11.1. The number of aryl methyl sites for hydroxylation is 1. The van der Waals surface area contributed by atoms with Crippen molar-refractivity contribution in [2.24, 2.45) is 0 Å². The van der Waals surface area contributed by atoms with E-state index < -0.39 is 0 Å². The minimum Gasteiger partial charge on any atom is -0.397 e. The zero-order chi connectivity index (χ0) is 14.0. The predicted molar refractivity (Wildman–Crippen MR) is 90.4 cm³/mol. The van der Waals surface area contributed by atoms with E-state index in [0.29, 0.717) is 16.9 Å². The number of carbonyl (C=O) groups is 1. The van der Waals surface area contributed by atoms with Gasteiger partial charge in [0, 0.05) is 8.04 Å². The standard InChI is InChI=1S/C14H12BrIN2O/c1-8-3-2-4-12(17)13(8)18-14(19)10-7-9(15)5-6-11(10)16/h2-7H,17H2,1H3,(H,18,19). The molecule has 2 aromatic rings. The van der Waals surface area contributed by atoms with Crippen LogP contribution in [0.2, 0.25) is 0 Å². The van der Waals surface area contributed by atoms with Crippen LogP contribution in [0.15, 0.2) is 40.9 Å². The Morgan fingerprint density at radius 3 is 2.74 bits per heavy atom. The van der Waals surface area contributed by atoms with Gasteiger partial charge in [0.2, 0.25) is 0 Å². The monoisotopic (exact) mass is 430 g/mol. The molecule has 0 aliphatic heterocycles. The topological polar surface area (TPSA) is 55.1 Å². The number of nitrogen functional groups attached to an aromatic ring is 1. The fourth-order valence-electron chi connectivity index (χ4n) is 1.71. The number of rotatable bonds is 2. The third kappa shape index (κ3) is 3.27. The number of amides is 1. The minimum atomic E-state index is -0.160. The van der Waals surface area contributed by atoms with Crippen molar-refractivity contribution in [2.75, 3.05) is 11.1 Å². The third-order valence-electron chi connectivity index (χ3n) is 2.72. The first kappa shape index (κ1) is 14.3. The predicted octanol–water partition coefficient (Wildman–Crippen LogP) is 4.20. The molecule has 0 radical (unpaired) electrons. The van der Waals surface area contributed by atoms with E-state index in [0.717, 1.165) is 13.6 Å². The number of halogens is 2. The molecule has 0 saturated carbocycles. The molecule has 3 nitrogen and oxygen atoms in total. The molecule has 0 aromatic heterocycles. The number of nitrogens with two attached hydrogens (primary N) is 1. The molecular formula is C14H12BrIN2O. The van der Waals surface area contributed by atoms with Crippen LogP contribution in [0, 0.1) is 10.5 Å². The van der Waals surface area contributed by atoms with E-state index in [1.807, 2.05) is 31.2 Å². The van der Waals surface area contributed by atoms with Crippen LogP contribution >= 0.6 is 38.5 Å². The van der Waals surface area contributed by atoms with Gasteiger partial charge in [-0.15, -0.1) is 0 Å². The molecule has 1 amide bonds. The summed E-state index contributed by atoms with van der Waals surface area (Å²) in [7, 11) is 0. The molecule has 0 fully saturated rings. The number of anilines is 2. The van der Waals surface area contributed by atoms with E-state index in [-0.39, 0.29) is 5.91 Å². The summed E-state index contributed by atoms with van der Waals surface area (Å²) in [4.78, 5) is 12.3. The molecule has 0 spiro atoms. The second kappa shape index (κ2) is 5.92. The summed E-state index contributed by atoms with van der Waals surface area (Å²) in [6.07, 6.45) is 0. The Morgan fingerprint density at radius 2 is 2.05 bits per heavy atom. The van der Waals surface area contributed by atoms with Gasteiger partial charge in [-0.05, 0) is 59.3 Å². The van der Waals surface area contributed by atoms with Crippen LogP contribution in [-0.4, -0.2) is 5.91 Å². The fourth-order valence-corrected chi connectivity index (χ4v) is 2.66. The van der Waals surface area contributed by atoms with E-state index in [2.05, 4.69) is 43.8 Å². The number of para-hydroxylation sites is 1. The highest BCUT2D eigenvalue weighted by Gasteiger charge is 2.13. The van der Waals surface area contributed by atoms with Crippen molar-refractivity contribution in [3.8, 4) is 0 Å². The molecule has 0 aliphatic carbocycles. The van der Waals surface area contributed by atoms with Crippen molar-refractivity contribution in [3.05, 3.63) is 55.6 Å². The largest absolute Gasteiger partial charge is 0.397 e. The minimum absolute atomic E-state index is 0.160. The lowest BCUT2D eigenvalue weighted by Gasteiger charge is -2.12. The molecule has 0 aliphatic rings. The Labute approximate surface area is 133 Å². The smallest absolute Gasteiger partial charge is 0.256 e. The van der Waals surface area contributed by atoms with Crippen molar-refractivity contribution < 1.29 is 4.79 Å². The van der Waals surface area contributed by atoms with Gasteiger partial charge in [0.05, 0.1) is 16.9 Å². The van der Waals surface area contributed by atoms with Gasteiger partial charge in [-0.3, -0.25) is 4.79 Å². The molecular weight excluding hydrogens is 419 g/mol. The van der Waals surface area contributed by atoms with Crippen LogP contribution < -0.4 is 11.1 Å². The second-order valence-corrected chi connectivity index (χ2v) is 6.20. The summed E-state index contributed by atoms with van der Waals surface area (Å²) in [5.41, 5.74) is 8.69. The zero-order valence-corrected chi connectivity index (χ0v) is 13.9. The maximum Gasteiger partial charge on any atom is 0.256 e. The molecule has 2 aromatic carbocycles. The number of nitrogens with one attached hydrogen (secondary N) is 1.